The second-order valence-corrected chi connectivity index (χ2v) is 9.24. The van der Waals surface area contributed by atoms with Gasteiger partial charge in [0.05, 0.1) is 16.4 Å². The summed E-state index contributed by atoms with van der Waals surface area (Å²) in [4.78, 5) is 24.9. The standard InChI is InChI=1S/C21H22N2O5S/c24-21(10-9-18-7-4-8-19(15-18)23(25)26)22(20-12-14-29(27,28)16-20)13-11-17-5-2-1-3-6-17/h1-10,15,20H,11-14,16H2/b10-9+. The molecule has 0 aliphatic carbocycles. The number of hydrogen-bond donors (Lipinski definition) is 0. The minimum Gasteiger partial charge on any atom is -0.335 e. The van der Waals surface area contributed by atoms with Crippen LogP contribution >= 0.6 is 0 Å². The molecule has 2 aromatic carbocycles. The first-order chi connectivity index (χ1) is 13.8. The van der Waals surface area contributed by atoms with Gasteiger partial charge in [0.25, 0.3) is 5.69 Å². The number of sulfone groups is 1. The first kappa shape index (κ1) is 20.7. The van der Waals surface area contributed by atoms with Crippen LogP contribution in [0.2, 0.25) is 0 Å². The molecule has 0 spiro atoms. The fourth-order valence-electron chi connectivity index (χ4n) is 3.39. The Hall–Kier alpha value is -3.00. The number of carbonyl (C=O) groups excluding carboxylic acids is 1. The van der Waals surface area contributed by atoms with E-state index in [9.17, 15) is 23.3 Å². The Labute approximate surface area is 169 Å². The van der Waals surface area contributed by atoms with E-state index in [1.165, 1.54) is 24.3 Å². The molecule has 7 nitrogen and oxygen atoms in total. The molecule has 0 aromatic heterocycles. The van der Waals surface area contributed by atoms with E-state index in [0.717, 1.165) is 5.56 Å². The van der Waals surface area contributed by atoms with Crippen LogP contribution in [0.4, 0.5) is 5.69 Å². The monoisotopic (exact) mass is 414 g/mol. The molecule has 1 amide bonds. The molecule has 29 heavy (non-hydrogen) atoms. The van der Waals surface area contributed by atoms with E-state index in [1.807, 2.05) is 30.3 Å². The van der Waals surface area contributed by atoms with Gasteiger partial charge < -0.3 is 4.90 Å². The minimum absolute atomic E-state index is 0.0296. The van der Waals surface area contributed by atoms with Crippen molar-refractivity contribution in [1.29, 1.82) is 0 Å². The van der Waals surface area contributed by atoms with Crippen molar-refractivity contribution < 1.29 is 18.1 Å². The van der Waals surface area contributed by atoms with Crippen molar-refractivity contribution in [3.63, 3.8) is 0 Å². The third-order valence-electron chi connectivity index (χ3n) is 4.92. The Morgan fingerprint density at radius 3 is 2.59 bits per heavy atom. The largest absolute Gasteiger partial charge is 0.335 e. The second kappa shape index (κ2) is 9.00. The van der Waals surface area contributed by atoms with Gasteiger partial charge in [-0.3, -0.25) is 14.9 Å². The molecule has 2 aromatic rings. The van der Waals surface area contributed by atoms with Crippen molar-refractivity contribution in [3.05, 3.63) is 81.9 Å². The quantitative estimate of drug-likeness (QED) is 0.394. The number of amides is 1. The fraction of sp³-hybridized carbons (Fsp3) is 0.286. The van der Waals surface area contributed by atoms with Crippen LogP contribution in [0.25, 0.3) is 6.08 Å². The van der Waals surface area contributed by atoms with Crippen molar-refractivity contribution in [1.82, 2.24) is 4.90 Å². The van der Waals surface area contributed by atoms with Crippen molar-refractivity contribution in [2.75, 3.05) is 18.1 Å². The molecule has 1 heterocycles. The van der Waals surface area contributed by atoms with Gasteiger partial charge in [-0.2, -0.15) is 0 Å². The lowest BCUT2D eigenvalue weighted by Gasteiger charge is -2.27. The van der Waals surface area contributed by atoms with Crippen LogP contribution in [-0.2, 0) is 21.1 Å². The lowest BCUT2D eigenvalue weighted by atomic mass is 10.1. The molecule has 152 valence electrons. The maximum absolute atomic E-state index is 12.9. The van der Waals surface area contributed by atoms with E-state index in [1.54, 1.807) is 17.0 Å². The number of carbonyl (C=O) groups is 1. The zero-order valence-corrected chi connectivity index (χ0v) is 16.6. The molecule has 1 fully saturated rings. The Balaban J connectivity index is 1.76. The molecule has 0 N–H and O–H groups in total. The summed E-state index contributed by atoms with van der Waals surface area (Å²) in [6, 6.07) is 15.3. The molecule has 1 aliphatic heterocycles. The first-order valence-electron chi connectivity index (χ1n) is 9.31. The summed E-state index contributed by atoms with van der Waals surface area (Å²) in [5, 5.41) is 10.9. The highest BCUT2D eigenvalue weighted by atomic mass is 32.2. The Bertz CT molecular complexity index is 1020. The number of nitro groups is 1. The van der Waals surface area contributed by atoms with Crippen LogP contribution < -0.4 is 0 Å². The molecular formula is C21H22N2O5S. The summed E-state index contributed by atoms with van der Waals surface area (Å²) in [5.41, 5.74) is 1.55. The number of rotatable bonds is 7. The van der Waals surface area contributed by atoms with Crippen LogP contribution in [0.15, 0.2) is 60.7 Å². The lowest BCUT2D eigenvalue weighted by Crippen LogP contribution is -2.41. The summed E-state index contributed by atoms with van der Waals surface area (Å²) in [7, 11) is -3.13. The van der Waals surface area contributed by atoms with Gasteiger partial charge in [0.1, 0.15) is 0 Å². The molecule has 0 saturated carbocycles. The topological polar surface area (TPSA) is 97.6 Å². The number of non-ortho nitro benzene ring substituents is 1. The van der Waals surface area contributed by atoms with Crippen molar-refractivity contribution in [3.8, 4) is 0 Å². The predicted molar refractivity (Wildman–Crippen MR) is 111 cm³/mol. The maximum Gasteiger partial charge on any atom is 0.270 e. The summed E-state index contributed by atoms with van der Waals surface area (Å²) >= 11 is 0. The van der Waals surface area contributed by atoms with E-state index in [2.05, 4.69) is 0 Å². The number of benzene rings is 2. The fourth-order valence-corrected chi connectivity index (χ4v) is 5.12. The van der Waals surface area contributed by atoms with Gasteiger partial charge in [-0.25, -0.2) is 8.42 Å². The normalized spacial score (nSPS) is 18.0. The Kier molecular flexibility index (Phi) is 6.43. The van der Waals surface area contributed by atoms with Crippen LogP contribution in [0.1, 0.15) is 17.5 Å². The highest BCUT2D eigenvalue weighted by Gasteiger charge is 2.33. The van der Waals surface area contributed by atoms with Gasteiger partial charge in [0.2, 0.25) is 5.91 Å². The van der Waals surface area contributed by atoms with E-state index in [0.29, 0.717) is 24.9 Å². The van der Waals surface area contributed by atoms with Crippen molar-refractivity contribution in [2.24, 2.45) is 0 Å². The summed E-state index contributed by atoms with van der Waals surface area (Å²) in [6.45, 7) is 0.405. The summed E-state index contributed by atoms with van der Waals surface area (Å²) in [6.07, 6.45) is 3.92. The smallest absolute Gasteiger partial charge is 0.270 e. The molecule has 1 saturated heterocycles. The first-order valence-corrected chi connectivity index (χ1v) is 11.1. The Morgan fingerprint density at radius 2 is 1.93 bits per heavy atom. The lowest BCUT2D eigenvalue weighted by molar-refractivity contribution is -0.384. The zero-order chi connectivity index (χ0) is 20.9. The molecule has 1 aliphatic rings. The molecular weight excluding hydrogens is 392 g/mol. The van der Waals surface area contributed by atoms with Crippen LogP contribution in [-0.4, -0.2) is 48.2 Å². The number of nitro benzene ring substituents is 1. The van der Waals surface area contributed by atoms with E-state index in [-0.39, 0.29) is 29.1 Å². The molecule has 0 bridgehead atoms. The number of nitrogens with zero attached hydrogens (tertiary/aromatic N) is 2. The van der Waals surface area contributed by atoms with E-state index >= 15 is 0 Å². The third kappa shape index (κ3) is 5.74. The van der Waals surface area contributed by atoms with Crippen LogP contribution in [0.3, 0.4) is 0 Å². The highest BCUT2D eigenvalue weighted by molar-refractivity contribution is 7.91. The van der Waals surface area contributed by atoms with Gasteiger partial charge in [-0.1, -0.05) is 42.5 Å². The van der Waals surface area contributed by atoms with Crippen molar-refractivity contribution in [2.45, 2.75) is 18.9 Å². The summed E-state index contributed by atoms with van der Waals surface area (Å²) < 4.78 is 23.8. The molecule has 8 heteroatoms. The highest BCUT2D eigenvalue weighted by Crippen LogP contribution is 2.20. The SMILES string of the molecule is O=C(/C=C/c1cccc([N+](=O)[O-])c1)N(CCc1ccccc1)C1CCS(=O)(=O)C1. The number of hydrogen-bond acceptors (Lipinski definition) is 5. The van der Waals surface area contributed by atoms with Gasteiger partial charge >= 0.3 is 0 Å². The van der Waals surface area contributed by atoms with E-state index < -0.39 is 14.8 Å². The Morgan fingerprint density at radius 1 is 1.17 bits per heavy atom. The minimum atomic E-state index is -3.13. The molecule has 1 unspecified atom stereocenters. The van der Waals surface area contributed by atoms with Crippen LogP contribution in [0, 0.1) is 10.1 Å². The van der Waals surface area contributed by atoms with Crippen LogP contribution in [0.5, 0.6) is 0 Å². The van der Waals surface area contributed by atoms with Gasteiger partial charge in [-0.15, -0.1) is 0 Å². The average molecular weight is 414 g/mol. The second-order valence-electron chi connectivity index (χ2n) is 7.01. The summed E-state index contributed by atoms with van der Waals surface area (Å²) in [5.74, 6) is -0.242. The van der Waals surface area contributed by atoms with Crippen molar-refractivity contribution >= 4 is 27.5 Å². The maximum atomic E-state index is 12.9. The predicted octanol–water partition coefficient (Wildman–Crippen LogP) is 2.87. The molecule has 1 atom stereocenters. The average Bonchev–Trinajstić information content (AvgIpc) is 3.07. The van der Waals surface area contributed by atoms with Gasteiger partial charge in [0, 0.05) is 30.8 Å². The molecule has 3 rings (SSSR count). The van der Waals surface area contributed by atoms with Gasteiger partial charge in [-0.05, 0) is 30.0 Å². The third-order valence-corrected chi connectivity index (χ3v) is 6.67. The molecule has 0 radical (unpaired) electrons. The van der Waals surface area contributed by atoms with E-state index in [4.69, 9.17) is 0 Å². The zero-order valence-electron chi connectivity index (χ0n) is 15.8. The van der Waals surface area contributed by atoms with Gasteiger partial charge in [0.15, 0.2) is 9.84 Å².